The van der Waals surface area contributed by atoms with Gasteiger partial charge < -0.3 is 19.1 Å². The number of benzene rings is 6. The minimum absolute atomic E-state index is 0.141. The number of aryl methyl sites for hydroxylation is 2. The van der Waals surface area contributed by atoms with E-state index in [1.807, 2.05) is 140 Å². The number of carbonyl (C=O) groups is 2. The summed E-state index contributed by atoms with van der Waals surface area (Å²) in [6.07, 6.45) is 4.75. The van der Waals surface area contributed by atoms with Crippen LogP contribution in [0.5, 0.6) is 11.5 Å². The van der Waals surface area contributed by atoms with Crippen LogP contribution in [0, 0.1) is 13.8 Å². The molecule has 0 fully saturated rings. The molecule has 0 spiro atoms. The van der Waals surface area contributed by atoms with E-state index >= 15 is 0 Å². The molecule has 1 aliphatic rings. The van der Waals surface area contributed by atoms with Crippen LogP contribution in [0.25, 0.3) is 12.2 Å². The third-order valence-corrected chi connectivity index (χ3v) is 11.0. The molecular weight excluding hydrogens is 763 g/mol. The number of hydrogen-bond donors (Lipinski definition) is 1. The molecule has 0 bridgehead atoms. The van der Waals surface area contributed by atoms with Gasteiger partial charge in [0, 0.05) is 17.9 Å². The average Bonchev–Trinajstić information content (AvgIpc) is 3.24. The van der Waals surface area contributed by atoms with Crippen molar-refractivity contribution in [2.45, 2.75) is 45.8 Å². The van der Waals surface area contributed by atoms with Crippen molar-refractivity contribution in [3.63, 3.8) is 0 Å². The number of carbonyl (C=O) groups excluding carboxylic acids is 2. The highest BCUT2D eigenvalue weighted by Gasteiger charge is 2.36. The molecule has 59 heavy (non-hydrogen) atoms. The number of nitrogens with zero attached hydrogens (tertiary/aromatic N) is 1. The van der Waals surface area contributed by atoms with Crippen molar-refractivity contribution in [1.82, 2.24) is 0 Å². The molecule has 0 amide bonds. The van der Waals surface area contributed by atoms with Crippen LogP contribution >= 0.6 is 0 Å². The van der Waals surface area contributed by atoms with Gasteiger partial charge in [-0.2, -0.15) is 8.42 Å². The monoisotopic (exact) mass is 807 g/mol. The molecule has 1 atom stereocenters. The average molecular weight is 808 g/mol. The maximum Gasteiger partial charge on any atom is 0.338 e. The smallest absolute Gasteiger partial charge is 0.338 e. The van der Waals surface area contributed by atoms with Gasteiger partial charge in [0.05, 0.1) is 11.3 Å². The molecule has 10 heteroatoms. The summed E-state index contributed by atoms with van der Waals surface area (Å²) in [5, 5.41) is 0. The Labute approximate surface area is 345 Å². The molecule has 1 aliphatic heterocycles. The summed E-state index contributed by atoms with van der Waals surface area (Å²) in [4.78, 5) is 29.6. The number of anilines is 2. The third-order valence-electron chi connectivity index (χ3n) is 10.2. The summed E-state index contributed by atoms with van der Waals surface area (Å²) >= 11 is 0. The highest BCUT2D eigenvalue weighted by atomic mass is 32.2. The van der Waals surface area contributed by atoms with Gasteiger partial charge in [0.25, 0.3) is 10.1 Å². The predicted octanol–water partition coefficient (Wildman–Crippen LogP) is 10.3. The first-order valence-electron chi connectivity index (χ1n) is 19.5. The Balaban J connectivity index is 1.14. The summed E-state index contributed by atoms with van der Waals surface area (Å²) in [7, 11) is -4.11. The van der Waals surface area contributed by atoms with E-state index in [9.17, 15) is 22.6 Å². The van der Waals surface area contributed by atoms with E-state index in [-0.39, 0.29) is 18.8 Å². The zero-order valence-corrected chi connectivity index (χ0v) is 33.7. The van der Waals surface area contributed by atoms with Crippen LogP contribution in [0.15, 0.2) is 140 Å². The van der Waals surface area contributed by atoms with Gasteiger partial charge in [-0.25, -0.2) is 4.79 Å². The molecule has 0 aliphatic carbocycles. The second-order valence-corrected chi connectivity index (χ2v) is 16.1. The van der Waals surface area contributed by atoms with E-state index in [1.165, 1.54) is 0 Å². The van der Waals surface area contributed by atoms with Gasteiger partial charge in [-0.05, 0) is 108 Å². The van der Waals surface area contributed by atoms with Crippen molar-refractivity contribution in [2.24, 2.45) is 0 Å². The van der Waals surface area contributed by atoms with Crippen LogP contribution in [0.4, 0.5) is 11.4 Å². The van der Waals surface area contributed by atoms with E-state index in [2.05, 4.69) is 4.90 Å². The lowest BCUT2D eigenvalue weighted by Gasteiger charge is -2.37. The Bertz CT molecular complexity index is 2550. The molecule has 0 saturated heterocycles. The summed E-state index contributed by atoms with van der Waals surface area (Å²) < 4.78 is 50.2. The number of esters is 2. The maximum absolute atomic E-state index is 14.5. The topological polar surface area (TPSA) is 119 Å². The first kappa shape index (κ1) is 40.7. The molecular formula is C49H45NO8S. The molecule has 1 N–H and O–H groups in total. The largest absolute Gasteiger partial charge is 0.489 e. The Morgan fingerprint density at radius 3 is 1.95 bits per heavy atom. The normalized spacial score (nSPS) is 13.4. The van der Waals surface area contributed by atoms with Crippen molar-refractivity contribution in [3.05, 3.63) is 190 Å². The molecule has 6 aromatic rings. The van der Waals surface area contributed by atoms with Gasteiger partial charge in [-0.1, -0.05) is 115 Å². The molecule has 300 valence electrons. The van der Waals surface area contributed by atoms with E-state index < -0.39 is 28.0 Å². The lowest BCUT2D eigenvalue weighted by Crippen LogP contribution is -2.31. The SMILES string of the molecule is Cc1cc(C(=O)OCc2ccccc2)cc(C)c1OC(=O)C1c2ccccc2N(CCCCS(=O)(=O)O)c2cc(C=Cc3ccc(OCc4ccccc4)cc3)ccc21. The van der Waals surface area contributed by atoms with Crippen molar-refractivity contribution < 1.29 is 36.8 Å². The van der Waals surface area contributed by atoms with Crippen LogP contribution < -0.4 is 14.4 Å². The zero-order chi connectivity index (χ0) is 41.4. The third kappa shape index (κ3) is 10.3. The minimum atomic E-state index is -4.11. The van der Waals surface area contributed by atoms with Gasteiger partial charge >= 0.3 is 11.9 Å². The Morgan fingerprint density at radius 1 is 0.678 bits per heavy atom. The number of hydrogen-bond acceptors (Lipinski definition) is 8. The maximum atomic E-state index is 14.5. The van der Waals surface area contributed by atoms with Gasteiger partial charge in [0.2, 0.25) is 0 Å². The van der Waals surface area contributed by atoms with Gasteiger partial charge in [-0.15, -0.1) is 0 Å². The lowest BCUT2D eigenvalue weighted by atomic mass is 9.84. The summed E-state index contributed by atoms with van der Waals surface area (Å²) in [6, 6.07) is 44.2. The van der Waals surface area contributed by atoms with Gasteiger partial charge in [0.15, 0.2) is 0 Å². The van der Waals surface area contributed by atoms with Crippen LogP contribution in [-0.2, 0) is 32.9 Å². The first-order chi connectivity index (χ1) is 28.5. The second-order valence-electron chi connectivity index (χ2n) is 14.6. The fraction of sp³-hybridized carbons (Fsp3) is 0.184. The zero-order valence-electron chi connectivity index (χ0n) is 32.9. The number of ether oxygens (including phenoxy) is 3. The van der Waals surface area contributed by atoms with E-state index in [0.29, 0.717) is 42.0 Å². The Kier molecular flexibility index (Phi) is 12.7. The number of para-hydroxylation sites is 1. The van der Waals surface area contributed by atoms with Crippen LogP contribution in [0.1, 0.15) is 73.6 Å². The minimum Gasteiger partial charge on any atom is -0.489 e. The Morgan fingerprint density at radius 2 is 1.27 bits per heavy atom. The molecule has 9 nitrogen and oxygen atoms in total. The highest BCUT2D eigenvalue weighted by Crippen LogP contribution is 2.47. The molecule has 0 radical (unpaired) electrons. The summed E-state index contributed by atoms with van der Waals surface area (Å²) in [5.41, 5.74) is 8.49. The molecule has 1 unspecified atom stereocenters. The standard InChI is InChI=1S/C49H45NO8S/c1-34-29-40(48(51)57-33-39-15-7-4-8-16-39)30-35(2)47(34)58-49(52)46-42-17-9-10-18-44(42)50(27-11-12-28-59(53,54)55)45-31-37(23-26-43(45)46)20-19-36-21-24-41(25-22-36)56-32-38-13-5-3-6-14-38/h3-10,13-26,29-31,46H,11-12,27-28,32-33H2,1-2H3,(H,53,54,55). The number of rotatable bonds is 15. The first-order valence-corrected chi connectivity index (χ1v) is 21.1. The molecule has 6 aromatic carbocycles. The van der Waals surface area contributed by atoms with Gasteiger partial charge in [-0.3, -0.25) is 9.35 Å². The predicted molar refractivity (Wildman–Crippen MR) is 231 cm³/mol. The lowest BCUT2D eigenvalue weighted by molar-refractivity contribution is -0.135. The van der Waals surface area contributed by atoms with E-state index in [0.717, 1.165) is 50.5 Å². The van der Waals surface area contributed by atoms with Crippen molar-refractivity contribution in [2.75, 3.05) is 17.2 Å². The molecule has 0 saturated carbocycles. The van der Waals surface area contributed by atoms with Crippen molar-refractivity contribution >= 4 is 45.6 Å². The van der Waals surface area contributed by atoms with Crippen LogP contribution in [0.2, 0.25) is 0 Å². The van der Waals surface area contributed by atoms with E-state index in [1.54, 1.807) is 26.0 Å². The summed E-state index contributed by atoms with van der Waals surface area (Å²) in [5.74, 6) is -0.939. The second kappa shape index (κ2) is 18.4. The van der Waals surface area contributed by atoms with Crippen molar-refractivity contribution in [3.8, 4) is 11.5 Å². The van der Waals surface area contributed by atoms with E-state index in [4.69, 9.17) is 14.2 Å². The Hall–Kier alpha value is -6.49. The number of fused-ring (bicyclic) bond motifs is 2. The fourth-order valence-electron chi connectivity index (χ4n) is 7.27. The quantitative estimate of drug-likeness (QED) is 0.0355. The van der Waals surface area contributed by atoms with Crippen LogP contribution in [-0.4, -0.2) is 37.2 Å². The fourth-order valence-corrected chi connectivity index (χ4v) is 7.84. The van der Waals surface area contributed by atoms with Crippen molar-refractivity contribution in [1.29, 1.82) is 0 Å². The van der Waals surface area contributed by atoms with Gasteiger partial charge in [0.1, 0.15) is 30.6 Å². The molecule has 1 heterocycles. The summed E-state index contributed by atoms with van der Waals surface area (Å²) in [6.45, 7) is 4.66. The number of unbranched alkanes of at least 4 members (excludes halogenated alkanes) is 1. The molecule has 7 rings (SSSR count). The highest BCUT2D eigenvalue weighted by molar-refractivity contribution is 7.85. The van der Waals surface area contributed by atoms with Crippen LogP contribution in [0.3, 0.4) is 0 Å². The molecule has 0 aromatic heterocycles.